The smallest absolute Gasteiger partial charge is 0.227 e. The molecule has 1 fully saturated rings. The Balaban J connectivity index is 1.35. The summed E-state index contributed by atoms with van der Waals surface area (Å²) in [6.45, 7) is 0. The molecule has 0 saturated heterocycles. The first-order valence-corrected chi connectivity index (χ1v) is 9.22. The maximum Gasteiger partial charge on any atom is 0.227 e. The predicted octanol–water partition coefficient (Wildman–Crippen LogP) is 4.06. The van der Waals surface area contributed by atoms with Crippen molar-refractivity contribution in [1.29, 1.82) is 0 Å². The third-order valence-corrected chi connectivity index (χ3v) is 4.78. The molecule has 6 nitrogen and oxygen atoms in total. The van der Waals surface area contributed by atoms with Crippen LogP contribution in [0.4, 0.5) is 5.69 Å². The van der Waals surface area contributed by atoms with Crippen molar-refractivity contribution in [2.45, 2.75) is 31.3 Å². The van der Waals surface area contributed by atoms with E-state index in [2.05, 4.69) is 20.5 Å². The van der Waals surface area contributed by atoms with Gasteiger partial charge in [0.15, 0.2) is 5.82 Å². The lowest BCUT2D eigenvalue weighted by atomic mass is 10.1. The van der Waals surface area contributed by atoms with Crippen molar-refractivity contribution in [2.24, 2.45) is 0 Å². The summed E-state index contributed by atoms with van der Waals surface area (Å²) in [5, 5.41) is 20.8. The highest BCUT2D eigenvalue weighted by atomic mass is 35.5. The molecule has 0 aliphatic heterocycles. The Morgan fingerprint density at radius 3 is 2.56 bits per heavy atom. The Bertz CT molecular complexity index is 933. The molecule has 1 amide bonds. The number of benzene rings is 2. The molecule has 3 N–H and O–H groups in total. The normalized spacial score (nSPS) is 14.7. The molecule has 1 aromatic heterocycles. The van der Waals surface area contributed by atoms with E-state index in [0.29, 0.717) is 28.0 Å². The number of amides is 1. The molecule has 1 atom stereocenters. The first kappa shape index (κ1) is 17.7. The number of halogens is 1. The van der Waals surface area contributed by atoms with Gasteiger partial charge in [0.2, 0.25) is 5.91 Å². The van der Waals surface area contributed by atoms with Crippen LogP contribution in [0, 0.1) is 0 Å². The van der Waals surface area contributed by atoms with Crippen molar-refractivity contribution in [3.05, 3.63) is 64.9 Å². The highest BCUT2D eigenvalue weighted by Crippen LogP contribution is 2.38. The Morgan fingerprint density at radius 2 is 1.89 bits per heavy atom. The average molecular weight is 383 g/mol. The van der Waals surface area contributed by atoms with E-state index in [1.807, 2.05) is 12.1 Å². The molecular weight excluding hydrogens is 364 g/mol. The fourth-order valence-electron chi connectivity index (χ4n) is 2.84. The number of nitrogens with zero attached hydrogens (tertiary/aromatic N) is 2. The van der Waals surface area contributed by atoms with E-state index in [0.717, 1.165) is 11.4 Å². The van der Waals surface area contributed by atoms with Crippen LogP contribution in [0.25, 0.3) is 11.4 Å². The third kappa shape index (κ3) is 4.35. The minimum absolute atomic E-state index is 0.0327. The van der Waals surface area contributed by atoms with Gasteiger partial charge in [-0.1, -0.05) is 23.7 Å². The summed E-state index contributed by atoms with van der Waals surface area (Å²) in [4.78, 5) is 16.7. The SMILES string of the molecule is O=C(CC(O)c1ccc(Cl)cc1)Nc1ccc(-c2n[nH]c(C3CC3)n2)cc1. The molecule has 1 aliphatic rings. The quantitative estimate of drug-likeness (QED) is 0.599. The second kappa shape index (κ2) is 7.50. The summed E-state index contributed by atoms with van der Waals surface area (Å²) in [6.07, 6.45) is 1.42. The van der Waals surface area contributed by atoms with Gasteiger partial charge in [0.1, 0.15) is 5.82 Å². The van der Waals surface area contributed by atoms with Crippen LogP contribution in [0.5, 0.6) is 0 Å². The summed E-state index contributed by atoms with van der Waals surface area (Å²) in [6, 6.07) is 14.1. The topological polar surface area (TPSA) is 90.9 Å². The standard InChI is InChI=1S/C20H19ClN4O2/c21-15-7-3-12(4-8-15)17(26)11-18(27)22-16-9-5-14(6-10-16)20-23-19(24-25-20)13-1-2-13/h3-10,13,17,26H,1-2,11H2,(H,22,27)(H,23,24,25). The fourth-order valence-corrected chi connectivity index (χ4v) is 2.96. The second-order valence-electron chi connectivity index (χ2n) is 6.72. The molecular formula is C20H19ClN4O2. The summed E-state index contributed by atoms with van der Waals surface area (Å²) in [5.41, 5.74) is 2.20. The maximum atomic E-state index is 12.2. The molecule has 1 saturated carbocycles. The molecule has 1 aliphatic carbocycles. The number of aliphatic hydroxyl groups is 1. The van der Waals surface area contributed by atoms with Crippen molar-refractivity contribution < 1.29 is 9.90 Å². The van der Waals surface area contributed by atoms with Gasteiger partial charge in [-0.05, 0) is 54.8 Å². The highest BCUT2D eigenvalue weighted by molar-refractivity contribution is 6.30. The molecule has 1 heterocycles. The molecule has 0 bridgehead atoms. The molecule has 0 spiro atoms. The summed E-state index contributed by atoms with van der Waals surface area (Å²) in [7, 11) is 0. The molecule has 2 aromatic carbocycles. The highest BCUT2D eigenvalue weighted by Gasteiger charge is 2.27. The number of aromatic amines is 1. The Labute approximate surface area is 161 Å². The first-order valence-electron chi connectivity index (χ1n) is 8.84. The Morgan fingerprint density at radius 1 is 1.19 bits per heavy atom. The Kier molecular flexibility index (Phi) is 4.92. The van der Waals surface area contributed by atoms with Crippen LogP contribution in [-0.4, -0.2) is 26.2 Å². The zero-order valence-electron chi connectivity index (χ0n) is 14.5. The van der Waals surface area contributed by atoms with Gasteiger partial charge in [0, 0.05) is 22.2 Å². The van der Waals surface area contributed by atoms with Crippen molar-refractivity contribution in [3.63, 3.8) is 0 Å². The zero-order valence-corrected chi connectivity index (χ0v) is 15.3. The van der Waals surface area contributed by atoms with E-state index in [1.165, 1.54) is 12.8 Å². The van der Waals surface area contributed by atoms with Gasteiger partial charge in [-0.2, -0.15) is 5.10 Å². The van der Waals surface area contributed by atoms with Gasteiger partial charge in [0.05, 0.1) is 12.5 Å². The van der Waals surface area contributed by atoms with Gasteiger partial charge < -0.3 is 10.4 Å². The minimum Gasteiger partial charge on any atom is -0.388 e. The van der Waals surface area contributed by atoms with Gasteiger partial charge in [-0.3, -0.25) is 9.89 Å². The number of hydrogen-bond donors (Lipinski definition) is 3. The zero-order chi connectivity index (χ0) is 18.8. The lowest BCUT2D eigenvalue weighted by Crippen LogP contribution is -2.15. The van der Waals surface area contributed by atoms with Crippen LogP contribution in [0.15, 0.2) is 48.5 Å². The summed E-state index contributed by atoms with van der Waals surface area (Å²) in [5.74, 6) is 1.86. The minimum atomic E-state index is -0.879. The number of aliphatic hydroxyl groups excluding tert-OH is 1. The lowest BCUT2D eigenvalue weighted by molar-refractivity contribution is -0.118. The van der Waals surface area contributed by atoms with Crippen LogP contribution >= 0.6 is 11.6 Å². The van der Waals surface area contributed by atoms with Gasteiger partial charge >= 0.3 is 0 Å². The number of aromatic nitrogens is 3. The van der Waals surface area contributed by atoms with Crippen molar-refractivity contribution in [3.8, 4) is 11.4 Å². The fraction of sp³-hybridized carbons (Fsp3) is 0.250. The third-order valence-electron chi connectivity index (χ3n) is 4.53. The molecule has 3 aromatic rings. The summed E-state index contributed by atoms with van der Waals surface area (Å²) >= 11 is 5.83. The van der Waals surface area contributed by atoms with Crippen molar-refractivity contribution in [2.75, 3.05) is 5.32 Å². The number of rotatable bonds is 6. The molecule has 27 heavy (non-hydrogen) atoms. The van der Waals surface area contributed by atoms with Crippen LogP contribution in [0.3, 0.4) is 0 Å². The van der Waals surface area contributed by atoms with E-state index >= 15 is 0 Å². The number of H-pyrrole nitrogens is 1. The number of carbonyl (C=O) groups is 1. The monoisotopic (exact) mass is 382 g/mol. The maximum absolute atomic E-state index is 12.2. The molecule has 0 radical (unpaired) electrons. The lowest BCUT2D eigenvalue weighted by Gasteiger charge is -2.11. The second-order valence-corrected chi connectivity index (χ2v) is 7.15. The number of carbonyl (C=O) groups excluding carboxylic acids is 1. The van der Waals surface area contributed by atoms with Crippen LogP contribution in [0.1, 0.15) is 42.7 Å². The number of nitrogens with one attached hydrogen (secondary N) is 2. The number of anilines is 1. The van der Waals surface area contributed by atoms with Crippen LogP contribution in [0.2, 0.25) is 5.02 Å². The van der Waals surface area contributed by atoms with E-state index in [1.54, 1.807) is 36.4 Å². The van der Waals surface area contributed by atoms with Crippen molar-refractivity contribution in [1.82, 2.24) is 15.2 Å². The van der Waals surface area contributed by atoms with Gasteiger partial charge in [0.25, 0.3) is 0 Å². The Hall–Kier alpha value is -2.70. The first-order chi connectivity index (χ1) is 13.1. The molecule has 138 valence electrons. The predicted molar refractivity (Wildman–Crippen MR) is 103 cm³/mol. The van der Waals surface area contributed by atoms with E-state index in [9.17, 15) is 9.90 Å². The molecule has 7 heteroatoms. The van der Waals surface area contributed by atoms with Gasteiger partial charge in [-0.15, -0.1) is 0 Å². The van der Waals surface area contributed by atoms with Crippen LogP contribution < -0.4 is 5.32 Å². The summed E-state index contributed by atoms with van der Waals surface area (Å²) < 4.78 is 0. The van der Waals surface area contributed by atoms with Crippen LogP contribution in [-0.2, 0) is 4.79 Å². The van der Waals surface area contributed by atoms with E-state index in [-0.39, 0.29) is 12.3 Å². The average Bonchev–Trinajstić information content (AvgIpc) is 3.40. The molecule has 4 rings (SSSR count). The van der Waals surface area contributed by atoms with Gasteiger partial charge in [-0.25, -0.2) is 4.98 Å². The van der Waals surface area contributed by atoms with Crippen molar-refractivity contribution >= 4 is 23.2 Å². The molecule has 1 unspecified atom stereocenters. The largest absolute Gasteiger partial charge is 0.388 e. The van der Waals surface area contributed by atoms with E-state index in [4.69, 9.17) is 11.6 Å². The number of hydrogen-bond acceptors (Lipinski definition) is 4. The van der Waals surface area contributed by atoms with E-state index < -0.39 is 6.10 Å².